The smallest absolute Gasteiger partial charge is 0.00261 e. The van der Waals surface area contributed by atoms with Crippen LogP contribution in [0.3, 0.4) is 0 Å². The summed E-state index contributed by atoms with van der Waals surface area (Å²) >= 11 is 0. The highest BCUT2D eigenvalue weighted by Gasteiger charge is 2.20. The highest BCUT2D eigenvalue weighted by molar-refractivity contribution is 6.28. The molecule has 0 spiro atoms. The molecule has 0 saturated heterocycles. The van der Waals surface area contributed by atoms with Crippen molar-refractivity contribution in [3.05, 3.63) is 231 Å². The fraction of sp³-hybridized carbons (Fsp3) is 0. The van der Waals surface area contributed by atoms with Crippen molar-refractivity contribution in [2.45, 2.75) is 0 Å². The maximum Gasteiger partial charge on any atom is -0.00261 e. The predicted octanol–water partition coefficient (Wildman–Crippen LogP) is 17.6. The zero-order valence-electron chi connectivity index (χ0n) is 33.9. The minimum absolute atomic E-state index is 1.21. The van der Waals surface area contributed by atoms with Gasteiger partial charge in [-0.3, -0.25) is 0 Å². The molecule has 286 valence electrons. The van der Waals surface area contributed by atoms with E-state index in [-0.39, 0.29) is 0 Å². The second kappa shape index (κ2) is 13.7. The molecule has 0 fully saturated rings. The van der Waals surface area contributed by atoms with E-state index >= 15 is 0 Å². The standard InChI is InChI=1S/C62H38/c1-2-16-42-37-43(34-29-39(42)15-1)61-54-25-11-7-21-50(54)59(51-22-8-12-26-55(51)61)40-30-32-41(33-31-40)60-52-23-9-13-27-56(52)62(57-28-14-10-24-53(57)60)44-35-36-49-47-19-4-3-17-45(47)46-18-5-6-20-48(46)58(49)38-44/h1-38H. The van der Waals surface area contributed by atoms with E-state index in [2.05, 4.69) is 231 Å². The Morgan fingerprint density at radius 3 is 0.806 bits per heavy atom. The maximum atomic E-state index is 2.44. The summed E-state index contributed by atoms with van der Waals surface area (Å²) < 4.78 is 0. The third kappa shape index (κ3) is 5.20. The van der Waals surface area contributed by atoms with Crippen molar-refractivity contribution < 1.29 is 0 Å². The van der Waals surface area contributed by atoms with Crippen LogP contribution in [-0.4, -0.2) is 0 Å². The molecule has 0 N–H and O–H groups in total. The van der Waals surface area contributed by atoms with Gasteiger partial charge in [-0.15, -0.1) is 0 Å². The van der Waals surface area contributed by atoms with Gasteiger partial charge in [0.2, 0.25) is 0 Å². The van der Waals surface area contributed by atoms with Crippen molar-refractivity contribution in [3.8, 4) is 44.5 Å². The Morgan fingerprint density at radius 1 is 0.145 bits per heavy atom. The second-order valence-corrected chi connectivity index (χ2v) is 16.7. The maximum absolute atomic E-state index is 2.44. The Kier molecular flexibility index (Phi) is 7.71. The minimum Gasteiger partial charge on any atom is -0.0616 e. The normalized spacial score (nSPS) is 11.9. The van der Waals surface area contributed by atoms with Crippen molar-refractivity contribution in [3.63, 3.8) is 0 Å². The summed E-state index contributed by atoms with van der Waals surface area (Å²) in [5.41, 5.74) is 10.0. The van der Waals surface area contributed by atoms with Crippen LogP contribution in [0.5, 0.6) is 0 Å². The first-order valence-electron chi connectivity index (χ1n) is 21.6. The van der Waals surface area contributed by atoms with Crippen LogP contribution in [0.15, 0.2) is 231 Å². The summed E-state index contributed by atoms with van der Waals surface area (Å²) in [5.74, 6) is 0. The summed E-state index contributed by atoms with van der Waals surface area (Å²) in [6, 6.07) is 85.6. The molecule has 13 rings (SSSR count). The molecule has 13 aromatic carbocycles. The molecule has 0 saturated carbocycles. The summed E-state index contributed by atoms with van der Waals surface area (Å²) in [6.45, 7) is 0. The van der Waals surface area contributed by atoms with Crippen LogP contribution in [0.4, 0.5) is 0 Å². The summed E-state index contributed by atoms with van der Waals surface area (Å²) in [6.07, 6.45) is 0. The van der Waals surface area contributed by atoms with Crippen molar-refractivity contribution >= 4 is 86.2 Å². The van der Waals surface area contributed by atoms with Gasteiger partial charge in [0.15, 0.2) is 0 Å². The van der Waals surface area contributed by atoms with Crippen molar-refractivity contribution in [2.75, 3.05) is 0 Å². The lowest BCUT2D eigenvalue weighted by Crippen LogP contribution is -1.92. The van der Waals surface area contributed by atoms with Gasteiger partial charge in [0.05, 0.1) is 0 Å². The third-order valence-electron chi connectivity index (χ3n) is 13.4. The molecule has 0 bridgehead atoms. The van der Waals surface area contributed by atoms with E-state index in [1.807, 2.05) is 0 Å². The van der Waals surface area contributed by atoms with Gasteiger partial charge in [-0.1, -0.05) is 218 Å². The number of rotatable bonds is 4. The Hall–Kier alpha value is -8.06. The van der Waals surface area contributed by atoms with E-state index in [1.165, 1.54) is 131 Å². The first-order chi connectivity index (χ1) is 30.8. The topological polar surface area (TPSA) is 0 Å². The Labute approximate surface area is 359 Å². The Balaban J connectivity index is 1.00. The predicted molar refractivity (Wildman–Crippen MR) is 268 cm³/mol. The SMILES string of the molecule is c1ccc2cc(-c3c4ccccc4c(-c4ccc(-c5c6ccccc6c(-c6ccc7c8ccccc8c8ccccc8c7c6)c6ccccc56)cc4)c4ccccc34)ccc2c1. The summed E-state index contributed by atoms with van der Waals surface area (Å²) in [7, 11) is 0. The van der Waals surface area contributed by atoms with Crippen LogP contribution in [0, 0.1) is 0 Å². The number of hydrogen-bond acceptors (Lipinski definition) is 0. The van der Waals surface area contributed by atoms with Crippen LogP contribution in [0.1, 0.15) is 0 Å². The van der Waals surface area contributed by atoms with Crippen LogP contribution >= 0.6 is 0 Å². The summed E-state index contributed by atoms with van der Waals surface area (Å²) in [4.78, 5) is 0. The fourth-order valence-corrected chi connectivity index (χ4v) is 10.7. The quantitative estimate of drug-likeness (QED) is 0.123. The van der Waals surface area contributed by atoms with E-state index in [4.69, 9.17) is 0 Å². The van der Waals surface area contributed by atoms with Crippen molar-refractivity contribution in [1.82, 2.24) is 0 Å². The van der Waals surface area contributed by atoms with E-state index in [9.17, 15) is 0 Å². The van der Waals surface area contributed by atoms with Crippen molar-refractivity contribution in [1.29, 1.82) is 0 Å². The van der Waals surface area contributed by atoms with Crippen LogP contribution in [0.2, 0.25) is 0 Å². The molecule has 0 nitrogen and oxygen atoms in total. The van der Waals surface area contributed by atoms with Gasteiger partial charge in [0, 0.05) is 0 Å². The molecule has 0 heterocycles. The van der Waals surface area contributed by atoms with Gasteiger partial charge in [-0.25, -0.2) is 0 Å². The molecule has 13 aromatic rings. The summed E-state index contributed by atoms with van der Waals surface area (Å²) in [5, 5.41) is 20.4. The second-order valence-electron chi connectivity index (χ2n) is 16.7. The molecule has 0 radical (unpaired) electrons. The molecule has 0 aliphatic carbocycles. The van der Waals surface area contributed by atoms with Crippen LogP contribution in [-0.2, 0) is 0 Å². The van der Waals surface area contributed by atoms with E-state index in [0.29, 0.717) is 0 Å². The zero-order chi connectivity index (χ0) is 40.7. The van der Waals surface area contributed by atoms with E-state index in [0.717, 1.165) is 0 Å². The molecule has 0 aromatic heterocycles. The molecule has 62 heavy (non-hydrogen) atoms. The lowest BCUT2D eigenvalue weighted by Gasteiger charge is -2.20. The van der Waals surface area contributed by atoms with Crippen molar-refractivity contribution in [2.24, 2.45) is 0 Å². The Bertz CT molecular complexity index is 3810. The Morgan fingerprint density at radius 2 is 0.403 bits per heavy atom. The van der Waals surface area contributed by atoms with Gasteiger partial charge in [-0.2, -0.15) is 0 Å². The lowest BCUT2D eigenvalue weighted by atomic mass is 9.83. The van der Waals surface area contributed by atoms with Gasteiger partial charge in [-0.05, 0) is 143 Å². The molecule has 0 aliphatic rings. The average molecular weight is 783 g/mol. The highest BCUT2D eigenvalue weighted by Crippen LogP contribution is 2.48. The van der Waals surface area contributed by atoms with Crippen LogP contribution in [0.25, 0.3) is 131 Å². The third-order valence-corrected chi connectivity index (χ3v) is 13.4. The molecule has 0 heteroatoms. The molecule has 0 unspecified atom stereocenters. The number of benzene rings is 13. The molecular weight excluding hydrogens is 745 g/mol. The zero-order valence-corrected chi connectivity index (χ0v) is 33.9. The van der Waals surface area contributed by atoms with E-state index in [1.54, 1.807) is 0 Å². The van der Waals surface area contributed by atoms with E-state index < -0.39 is 0 Å². The first-order valence-corrected chi connectivity index (χ1v) is 21.6. The number of fused-ring (bicyclic) bond motifs is 11. The largest absolute Gasteiger partial charge is 0.0616 e. The molecule has 0 aliphatic heterocycles. The fourth-order valence-electron chi connectivity index (χ4n) is 10.7. The van der Waals surface area contributed by atoms with Crippen LogP contribution < -0.4 is 0 Å². The minimum atomic E-state index is 1.21. The van der Waals surface area contributed by atoms with Gasteiger partial charge in [0.1, 0.15) is 0 Å². The van der Waals surface area contributed by atoms with Gasteiger partial charge >= 0.3 is 0 Å². The van der Waals surface area contributed by atoms with Gasteiger partial charge < -0.3 is 0 Å². The average Bonchev–Trinajstić information content (AvgIpc) is 3.34. The molecular formula is C62H38. The first kappa shape index (κ1) is 34.8. The highest BCUT2D eigenvalue weighted by atomic mass is 14.2. The monoisotopic (exact) mass is 782 g/mol. The molecule has 0 atom stereocenters. The number of hydrogen-bond donors (Lipinski definition) is 0. The van der Waals surface area contributed by atoms with Gasteiger partial charge in [0.25, 0.3) is 0 Å². The molecule has 0 amide bonds. The lowest BCUT2D eigenvalue weighted by molar-refractivity contribution is 1.64.